The summed E-state index contributed by atoms with van der Waals surface area (Å²) in [4.78, 5) is 26.4. The van der Waals surface area contributed by atoms with Crippen LogP contribution in [0, 0.1) is 16.7 Å². The van der Waals surface area contributed by atoms with Gasteiger partial charge in [-0.3, -0.25) is 9.59 Å². The van der Waals surface area contributed by atoms with Crippen LogP contribution in [0.25, 0.3) is 0 Å². The molecule has 0 aliphatic heterocycles. The Morgan fingerprint density at radius 3 is 2.14 bits per heavy atom. The van der Waals surface area contributed by atoms with Crippen molar-refractivity contribution in [3.63, 3.8) is 0 Å². The molecule has 1 rings (SSSR count). The lowest BCUT2D eigenvalue weighted by Crippen LogP contribution is -2.51. The second-order valence-corrected chi connectivity index (χ2v) is 5.81. The summed E-state index contributed by atoms with van der Waals surface area (Å²) >= 11 is 0. The van der Waals surface area contributed by atoms with Gasteiger partial charge in [0.2, 0.25) is 11.8 Å². The normalized spacial score (nSPS) is 19.0. The Kier molecular flexibility index (Phi) is 6.67. The van der Waals surface area contributed by atoms with E-state index in [4.69, 9.17) is 0 Å². The number of carbonyl (C=O) groups is 2. The van der Waals surface area contributed by atoms with Crippen molar-refractivity contribution in [3.8, 4) is 6.07 Å². The third-order valence-corrected chi connectivity index (χ3v) is 4.40. The molecule has 0 aromatic rings. The van der Waals surface area contributed by atoms with Crippen molar-refractivity contribution in [2.75, 3.05) is 13.1 Å². The van der Waals surface area contributed by atoms with Crippen molar-refractivity contribution in [2.24, 2.45) is 5.41 Å². The summed E-state index contributed by atoms with van der Waals surface area (Å²) in [5.74, 6) is -0.366. The molecule has 0 spiro atoms. The zero-order valence-electron chi connectivity index (χ0n) is 13.4. The fraction of sp³-hybridized carbons (Fsp3) is 0.812. The van der Waals surface area contributed by atoms with Crippen molar-refractivity contribution < 1.29 is 9.59 Å². The van der Waals surface area contributed by atoms with E-state index < -0.39 is 11.5 Å². The summed E-state index contributed by atoms with van der Waals surface area (Å²) in [6.07, 6.45) is 5.15. The van der Waals surface area contributed by atoms with Crippen molar-refractivity contribution >= 4 is 11.8 Å². The first-order chi connectivity index (χ1) is 10.0. The van der Waals surface area contributed by atoms with Crippen molar-refractivity contribution in [2.45, 2.75) is 65.3 Å². The molecule has 0 radical (unpaired) electrons. The highest BCUT2D eigenvalue weighted by molar-refractivity contribution is 5.91. The summed E-state index contributed by atoms with van der Waals surface area (Å²) < 4.78 is 0. The average Bonchev–Trinajstić information content (AvgIpc) is 2.74. The first-order valence-corrected chi connectivity index (χ1v) is 8.01. The van der Waals surface area contributed by atoms with Gasteiger partial charge in [0.05, 0.1) is 6.07 Å². The van der Waals surface area contributed by atoms with Gasteiger partial charge in [-0.1, -0.05) is 25.7 Å². The van der Waals surface area contributed by atoms with Crippen LogP contribution in [0.1, 0.15) is 59.3 Å². The summed E-state index contributed by atoms with van der Waals surface area (Å²) in [6, 6.07) is 1.64. The molecule has 21 heavy (non-hydrogen) atoms. The van der Waals surface area contributed by atoms with Gasteiger partial charge in [-0.15, -0.1) is 0 Å². The Bertz CT molecular complexity index is 402. The third kappa shape index (κ3) is 4.20. The number of rotatable bonds is 5. The Labute approximate surface area is 127 Å². The second-order valence-electron chi connectivity index (χ2n) is 5.81. The Morgan fingerprint density at radius 2 is 1.71 bits per heavy atom. The topological polar surface area (TPSA) is 73.2 Å². The predicted molar refractivity (Wildman–Crippen MR) is 81.3 cm³/mol. The number of carbonyl (C=O) groups excluding carboxylic acids is 2. The maximum atomic E-state index is 12.5. The Morgan fingerprint density at radius 1 is 1.19 bits per heavy atom. The summed E-state index contributed by atoms with van der Waals surface area (Å²) in [5, 5.41) is 12.2. The highest BCUT2D eigenvalue weighted by Crippen LogP contribution is 2.34. The Balaban J connectivity index is 2.74. The van der Waals surface area contributed by atoms with Gasteiger partial charge in [-0.25, -0.2) is 0 Å². The molecule has 0 saturated heterocycles. The van der Waals surface area contributed by atoms with E-state index in [1.54, 1.807) is 11.8 Å². The van der Waals surface area contributed by atoms with Gasteiger partial charge in [0, 0.05) is 13.1 Å². The second kappa shape index (κ2) is 8.02. The number of likely N-dealkylation sites (N-methyl/N-ethyl adjacent to an activating group) is 1. The minimum Gasteiger partial charge on any atom is -0.343 e. The lowest BCUT2D eigenvalue weighted by molar-refractivity contribution is -0.138. The molecule has 1 aliphatic rings. The zero-order chi connectivity index (χ0) is 15.9. The molecule has 1 unspecified atom stereocenters. The molecule has 0 aromatic carbocycles. The van der Waals surface area contributed by atoms with Crippen LogP contribution in [0.4, 0.5) is 0 Å². The van der Waals surface area contributed by atoms with E-state index >= 15 is 0 Å². The zero-order valence-corrected chi connectivity index (χ0v) is 13.4. The molecular formula is C16H27N3O2. The van der Waals surface area contributed by atoms with E-state index in [9.17, 15) is 14.9 Å². The maximum Gasteiger partial charge on any atom is 0.244 e. The fourth-order valence-electron chi connectivity index (χ4n) is 2.93. The third-order valence-electron chi connectivity index (χ3n) is 4.40. The Hall–Kier alpha value is -1.57. The predicted octanol–water partition coefficient (Wildman–Crippen LogP) is 2.22. The highest BCUT2D eigenvalue weighted by atomic mass is 16.2. The van der Waals surface area contributed by atoms with Crippen LogP contribution in [0.2, 0.25) is 0 Å². The van der Waals surface area contributed by atoms with E-state index in [0.717, 1.165) is 25.7 Å². The molecule has 1 saturated carbocycles. The van der Waals surface area contributed by atoms with Gasteiger partial charge in [-0.2, -0.15) is 5.26 Å². The van der Waals surface area contributed by atoms with Crippen molar-refractivity contribution in [3.05, 3.63) is 0 Å². The van der Waals surface area contributed by atoms with E-state index in [1.165, 1.54) is 0 Å². The van der Waals surface area contributed by atoms with E-state index in [1.807, 2.05) is 13.8 Å². The molecule has 1 aliphatic carbocycles. The molecule has 118 valence electrons. The first-order valence-electron chi connectivity index (χ1n) is 8.01. The number of amides is 2. The van der Waals surface area contributed by atoms with E-state index in [-0.39, 0.29) is 11.8 Å². The summed E-state index contributed by atoms with van der Waals surface area (Å²) in [6.45, 7) is 6.77. The quantitative estimate of drug-likeness (QED) is 0.790. The van der Waals surface area contributed by atoms with Crippen LogP contribution >= 0.6 is 0 Å². The van der Waals surface area contributed by atoms with Gasteiger partial charge < -0.3 is 10.2 Å². The van der Waals surface area contributed by atoms with Gasteiger partial charge in [0.1, 0.15) is 11.5 Å². The molecule has 0 bridgehead atoms. The first kappa shape index (κ1) is 17.5. The lowest BCUT2D eigenvalue weighted by Gasteiger charge is -2.28. The standard InChI is InChI=1S/C16H27N3O2/c1-4-19(5-2)14(20)13(3)18-15(21)16(12-17)10-8-6-7-9-11-16/h13H,4-11H2,1-3H3,(H,18,21). The maximum absolute atomic E-state index is 12.5. The van der Waals surface area contributed by atoms with Crippen LogP contribution in [-0.4, -0.2) is 35.8 Å². The van der Waals surface area contributed by atoms with Crippen LogP contribution in [-0.2, 0) is 9.59 Å². The largest absolute Gasteiger partial charge is 0.343 e. The number of hydrogen-bond acceptors (Lipinski definition) is 3. The molecule has 5 heteroatoms. The van der Waals surface area contributed by atoms with Gasteiger partial charge in [0.15, 0.2) is 0 Å². The lowest BCUT2D eigenvalue weighted by atomic mass is 9.81. The van der Waals surface area contributed by atoms with Gasteiger partial charge >= 0.3 is 0 Å². The molecule has 1 fully saturated rings. The minimum absolute atomic E-state index is 0.0879. The SMILES string of the molecule is CCN(CC)C(=O)C(C)NC(=O)C1(C#N)CCCCCC1. The molecule has 1 atom stereocenters. The average molecular weight is 293 g/mol. The van der Waals surface area contributed by atoms with Crippen LogP contribution < -0.4 is 5.32 Å². The molecular weight excluding hydrogens is 266 g/mol. The number of hydrogen-bond donors (Lipinski definition) is 1. The van der Waals surface area contributed by atoms with Crippen molar-refractivity contribution in [1.29, 1.82) is 5.26 Å². The fourth-order valence-corrected chi connectivity index (χ4v) is 2.93. The van der Waals surface area contributed by atoms with Crippen LogP contribution in [0.3, 0.4) is 0 Å². The molecule has 0 aromatic heterocycles. The van der Waals surface area contributed by atoms with Gasteiger partial charge in [-0.05, 0) is 33.6 Å². The minimum atomic E-state index is -0.950. The number of nitrogens with one attached hydrogen (secondary N) is 1. The number of nitriles is 1. The molecule has 1 N–H and O–H groups in total. The van der Waals surface area contributed by atoms with Crippen LogP contribution in [0.15, 0.2) is 0 Å². The molecule has 0 heterocycles. The van der Waals surface area contributed by atoms with Crippen LogP contribution in [0.5, 0.6) is 0 Å². The monoisotopic (exact) mass is 293 g/mol. The van der Waals surface area contributed by atoms with Crippen molar-refractivity contribution in [1.82, 2.24) is 10.2 Å². The van der Waals surface area contributed by atoms with E-state index in [0.29, 0.717) is 25.9 Å². The smallest absolute Gasteiger partial charge is 0.244 e. The summed E-state index contributed by atoms with van der Waals surface area (Å²) in [5.41, 5.74) is -0.950. The molecule has 2 amide bonds. The van der Waals surface area contributed by atoms with E-state index in [2.05, 4.69) is 11.4 Å². The summed E-state index contributed by atoms with van der Waals surface area (Å²) in [7, 11) is 0. The number of nitrogens with zero attached hydrogens (tertiary/aromatic N) is 2. The highest BCUT2D eigenvalue weighted by Gasteiger charge is 2.40. The molecule has 5 nitrogen and oxygen atoms in total. The van der Waals surface area contributed by atoms with Gasteiger partial charge in [0.25, 0.3) is 0 Å².